The average Bonchev–Trinajstić information content (AvgIpc) is 3.25. The molecule has 0 spiro atoms. The van der Waals surface area contributed by atoms with Gasteiger partial charge in [-0.2, -0.15) is 0 Å². The molecule has 0 radical (unpaired) electrons. The highest BCUT2D eigenvalue weighted by atomic mass is 35.5. The Morgan fingerprint density at radius 2 is 1.90 bits per heavy atom. The Hall–Kier alpha value is -3.60. The summed E-state index contributed by atoms with van der Waals surface area (Å²) in [5.74, 6) is 0.456. The lowest BCUT2D eigenvalue weighted by atomic mass is 10.1. The quantitative estimate of drug-likeness (QED) is 0.331. The summed E-state index contributed by atoms with van der Waals surface area (Å²) in [5.41, 5.74) is 3.12. The number of ether oxygens (including phenoxy) is 2. The van der Waals surface area contributed by atoms with Crippen LogP contribution in [0.5, 0.6) is 5.88 Å². The van der Waals surface area contributed by atoms with E-state index in [1.54, 1.807) is 12.3 Å². The number of carbonyl (C=O) groups is 1. The first kappa shape index (κ1) is 25.7. The fourth-order valence-electron chi connectivity index (χ4n) is 4.99. The van der Waals surface area contributed by atoms with Crippen molar-refractivity contribution in [2.75, 3.05) is 19.7 Å². The smallest absolute Gasteiger partial charge is 0.354 e. The van der Waals surface area contributed by atoms with Crippen LogP contribution in [0.15, 0.2) is 48.7 Å². The summed E-state index contributed by atoms with van der Waals surface area (Å²) in [6, 6.07) is 12.8. The Morgan fingerprint density at radius 1 is 1.05 bits per heavy atom. The molecule has 6 heterocycles. The normalized spacial score (nSPS) is 18.2. The number of halogens is 1. The lowest BCUT2D eigenvalue weighted by molar-refractivity contribution is -0.0593. The van der Waals surface area contributed by atoms with Crippen LogP contribution < -0.4 is 4.74 Å². The molecule has 1 atom stereocenters. The zero-order valence-electron chi connectivity index (χ0n) is 21.4. The minimum atomic E-state index is -1.05. The Bertz CT molecular complexity index is 1460. The molecule has 0 aliphatic carbocycles. The third-order valence-corrected chi connectivity index (χ3v) is 7.41. The molecule has 11 heteroatoms. The van der Waals surface area contributed by atoms with E-state index in [0.717, 1.165) is 56.2 Å². The maximum absolute atomic E-state index is 11.5. The van der Waals surface area contributed by atoms with E-state index in [1.807, 2.05) is 34.9 Å². The van der Waals surface area contributed by atoms with Gasteiger partial charge >= 0.3 is 5.97 Å². The lowest BCUT2D eigenvalue weighted by Gasteiger charge is -2.32. The Balaban J connectivity index is 1.09. The number of nitrogens with zero attached hydrogens (tertiary/aromatic N) is 6. The fourth-order valence-corrected chi connectivity index (χ4v) is 5.10. The van der Waals surface area contributed by atoms with Gasteiger partial charge in [0, 0.05) is 44.1 Å². The van der Waals surface area contributed by atoms with Crippen LogP contribution in [-0.4, -0.2) is 72.4 Å². The second-order valence-corrected chi connectivity index (χ2v) is 10.4. The molecule has 0 unspecified atom stereocenters. The van der Waals surface area contributed by atoms with Crippen LogP contribution in [0, 0.1) is 0 Å². The number of fused-ring (bicyclic) bond motifs is 1. The van der Waals surface area contributed by atoms with E-state index in [2.05, 4.69) is 19.9 Å². The monoisotopic (exact) mass is 548 g/mol. The number of carboxylic acid groups (broad SMARTS) is 1. The van der Waals surface area contributed by atoms with Gasteiger partial charge in [0.15, 0.2) is 11.3 Å². The molecule has 0 bridgehead atoms. The van der Waals surface area contributed by atoms with Crippen LogP contribution in [0.4, 0.5) is 0 Å². The van der Waals surface area contributed by atoms with Gasteiger partial charge in [-0.15, -0.1) is 0 Å². The zero-order valence-corrected chi connectivity index (χ0v) is 22.1. The van der Waals surface area contributed by atoms with Gasteiger partial charge in [-0.3, -0.25) is 9.88 Å². The molecule has 0 aromatic carbocycles. The highest BCUT2D eigenvalue weighted by Crippen LogP contribution is 2.24. The molecule has 39 heavy (non-hydrogen) atoms. The Kier molecular flexibility index (Phi) is 7.40. The predicted octanol–water partition coefficient (Wildman–Crippen LogP) is 4.00. The van der Waals surface area contributed by atoms with Gasteiger partial charge in [-0.25, -0.2) is 19.7 Å². The Morgan fingerprint density at radius 3 is 2.62 bits per heavy atom. The van der Waals surface area contributed by atoms with Crippen molar-refractivity contribution >= 4 is 28.7 Å². The number of aromatic nitrogens is 5. The number of imidazole rings is 1. The van der Waals surface area contributed by atoms with Crippen molar-refractivity contribution in [3.05, 3.63) is 76.6 Å². The van der Waals surface area contributed by atoms with Gasteiger partial charge in [0.05, 0.1) is 29.9 Å². The number of pyridine rings is 3. The number of likely N-dealkylation sites (tertiary alicyclic amines) is 1. The second-order valence-electron chi connectivity index (χ2n) is 9.97. The highest BCUT2D eigenvalue weighted by Gasteiger charge is 2.26. The number of hydrogen-bond acceptors (Lipinski definition) is 8. The van der Waals surface area contributed by atoms with Crippen molar-refractivity contribution in [1.82, 2.24) is 29.4 Å². The number of rotatable bonds is 9. The van der Waals surface area contributed by atoms with Gasteiger partial charge in [0.2, 0.25) is 5.88 Å². The summed E-state index contributed by atoms with van der Waals surface area (Å²) in [7, 11) is 0. The van der Waals surface area contributed by atoms with Gasteiger partial charge in [-0.1, -0.05) is 17.7 Å². The molecular weight excluding hydrogens is 520 g/mol. The lowest BCUT2D eigenvalue weighted by Crippen LogP contribution is -2.39. The van der Waals surface area contributed by atoms with E-state index in [-0.39, 0.29) is 17.9 Å². The van der Waals surface area contributed by atoms with Crippen molar-refractivity contribution in [3.63, 3.8) is 0 Å². The van der Waals surface area contributed by atoms with Gasteiger partial charge in [0.25, 0.3) is 0 Å². The van der Waals surface area contributed by atoms with Crippen molar-refractivity contribution < 1.29 is 19.4 Å². The topological polar surface area (TPSA) is 115 Å². The molecule has 10 nitrogen and oxygen atoms in total. The predicted molar refractivity (Wildman–Crippen MR) is 144 cm³/mol. The van der Waals surface area contributed by atoms with Crippen LogP contribution in [0.3, 0.4) is 0 Å². The summed E-state index contributed by atoms with van der Waals surface area (Å²) in [6.07, 6.45) is 5.17. The summed E-state index contributed by atoms with van der Waals surface area (Å²) in [5, 5.41) is 10.0. The molecule has 2 aliphatic rings. The molecule has 0 saturated carbocycles. The van der Waals surface area contributed by atoms with Crippen LogP contribution in [0.2, 0.25) is 5.02 Å². The molecule has 0 amide bonds. The fraction of sp³-hybridized carbons (Fsp3) is 0.393. The summed E-state index contributed by atoms with van der Waals surface area (Å²) < 4.78 is 13.9. The third-order valence-electron chi connectivity index (χ3n) is 7.19. The SMILES string of the molecule is O=C(O)c1ccc2nc(CN3CCC(Oc4cccc(Cc5ccc(Cl)cn5)n4)CC3)n(C[C@@H]3CCO3)c2n1. The van der Waals surface area contributed by atoms with E-state index >= 15 is 0 Å². The molecular formula is C28H29ClN6O4. The summed E-state index contributed by atoms with van der Waals surface area (Å²) in [4.78, 5) is 32.1. The molecule has 1 N–H and O–H groups in total. The van der Waals surface area contributed by atoms with Crippen LogP contribution in [0.25, 0.3) is 11.2 Å². The Labute approximate surface area is 230 Å². The number of aromatic carboxylic acids is 1. The van der Waals surface area contributed by atoms with Crippen molar-refractivity contribution in [1.29, 1.82) is 0 Å². The standard InChI is InChI=1S/C28H29ClN6O4/c29-18-4-5-19(30-15-18)14-20-2-1-3-26(31-20)39-21-8-11-34(12-9-21)17-25-32-23-6-7-24(28(36)37)33-27(23)35(25)16-22-10-13-38-22/h1-7,15,21-22H,8-14,16-17H2,(H,36,37)/t22-/m0/s1. The zero-order chi connectivity index (χ0) is 26.8. The minimum absolute atomic E-state index is 0.0183. The molecule has 4 aromatic rings. The third kappa shape index (κ3) is 6.03. The maximum atomic E-state index is 11.5. The first-order valence-corrected chi connectivity index (χ1v) is 13.5. The highest BCUT2D eigenvalue weighted by molar-refractivity contribution is 6.30. The van der Waals surface area contributed by atoms with Gasteiger partial charge in [0.1, 0.15) is 17.4 Å². The van der Waals surface area contributed by atoms with Crippen LogP contribution in [-0.2, 0) is 24.2 Å². The average molecular weight is 549 g/mol. The van der Waals surface area contributed by atoms with E-state index in [0.29, 0.717) is 41.6 Å². The minimum Gasteiger partial charge on any atom is -0.477 e. The molecule has 2 saturated heterocycles. The molecule has 6 rings (SSSR count). The largest absolute Gasteiger partial charge is 0.477 e. The molecule has 202 valence electrons. The van der Waals surface area contributed by atoms with Crippen molar-refractivity contribution in [2.45, 2.75) is 51.0 Å². The number of piperidine rings is 1. The summed E-state index contributed by atoms with van der Waals surface area (Å²) >= 11 is 5.94. The number of hydrogen-bond donors (Lipinski definition) is 1. The molecule has 2 aliphatic heterocycles. The summed E-state index contributed by atoms with van der Waals surface area (Å²) in [6.45, 7) is 3.74. The number of carboxylic acids is 1. The molecule has 4 aromatic heterocycles. The van der Waals surface area contributed by atoms with Gasteiger partial charge in [-0.05, 0) is 49.6 Å². The van der Waals surface area contributed by atoms with Crippen molar-refractivity contribution in [3.8, 4) is 5.88 Å². The van der Waals surface area contributed by atoms with E-state index < -0.39 is 5.97 Å². The van der Waals surface area contributed by atoms with Gasteiger partial charge < -0.3 is 19.1 Å². The van der Waals surface area contributed by atoms with E-state index in [9.17, 15) is 9.90 Å². The first-order valence-electron chi connectivity index (χ1n) is 13.2. The van der Waals surface area contributed by atoms with E-state index in [4.69, 9.17) is 26.1 Å². The maximum Gasteiger partial charge on any atom is 0.354 e. The van der Waals surface area contributed by atoms with Crippen LogP contribution in [0.1, 0.15) is 47.0 Å². The van der Waals surface area contributed by atoms with E-state index in [1.165, 1.54) is 6.07 Å². The van der Waals surface area contributed by atoms with Crippen LogP contribution >= 0.6 is 11.6 Å². The second kappa shape index (κ2) is 11.3. The first-order chi connectivity index (χ1) is 19.0. The molecule has 2 fully saturated rings. The van der Waals surface area contributed by atoms with Crippen molar-refractivity contribution in [2.24, 2.45) is 0 Å².